The summed E-state index contributed by atoms with van der Waals surface area (Å²) >= 11 is 5.75. The minimum Gasteiger partial charge on any atom is -0.351 e. The Balaban J connectivity index is 1.80. The van der Waals surface area contributed by atoms with Gasteiger partial charge in [0.2, 0.25) is 5.91 Å². The van der Waals surface area contributed by atoms with Crippen molar-refractivity contribution in [3.63, 3.8) is 0 Å². The molecule has 1 N–H and O–H groups in total. The quantitative estimate of drug-likeness (QED) is 0.846. The first-order valence-electron chi connectivity index (χ1n) is 6.36. The minimum atomic E-state index is -0.451. The Labute approximate surface area is 113 Å². The Morgan fingerprint density at radius 1 is 1.50 bits per heavy atom. The molecule has 3 nitrogen and oxygen atoms in total. The van der Waals surface area contributed by atoms with Crippen molar-refractivity contribution in [1.29, 1.82) is 0 Å². The van der Waals surface area contributed by atoms with Crippen molar-refractivity contribution in [2.75, 3.05) is 13.1 Å². The number of likely N-dealkylation sites (tertiary alicyclic amines) is 1. The van der Waals surface area contributed by atoms with Crippen LogP contribution in [-0.2, 0) is 11.3 Å². The number of nitrogens with zero attached hydrogens (tertiary/aromatic N) is 1. The number of amides is 1. The first kappa shape index (κ1) is 13.4. The van der Waals surface area contributed by atoms with Gasteiger partial charge in [0.05, 0.1) is 0 Å². The van der Waals surface area contributed by atoms with E-state index in [2.05, 4.69) is 34.5 Å². The number of rotatable bonds is 4. The zero-order valence-corrected chi connectivity index (χ0v) is 11.4. The average molecular weight is 267 g/mol. The second-order valence-corrected chi connectivity index (χ2v) is 5.49. The van der Waals surface area contributed by atoms with Gasteiger partial charge in [-0.15, -0.1) is 11.6 Å². The largest absolute Gasteiger partial charge is 0.351 e. The maximum Gasteiger partial charge on any atom is 0.238 e. The Morgan fingerprint density at radius 2 is 2.22 bits per heavy atom. The topological polar surface area (TPSA) is 32.3 Å². The summed E-state index contributed by atoms with van der Waals surface area (Å²) in [6, 6.07) is 10.6. The van der Waals surface area contributed by atoms with Gasteiger partial charge in [-0.05, 0) is 18.9 Å². The number of nitrogens with one attached hydrogen (secondary N) is 1. The highest BCUT2D eigenvalue weighted by atomic mass is 35.5. The van der Waals surface area contributed by atoms with Crippen LogP contribution in [0.4, 0.5) is 0 Å². The molecule has 1 heterocycles. The molecule has 1 amide bonds. The average Bonchev–Trinajstić information content (AvgIpc) is 2.77. The number of benzene rings is 1. The van der Waals surface area contributed by atoms with Crippen LogP contribution in [0, 0.1) is 0 Å². The molecule has 1 saturated heterocycles. The number of carbonyl (C=O) groups is 1. The predicted molar refractivity (Wildman–Crippen MR) is 73.6 cm³/mol. The van der Waals surface area contributed by atoms with Crippen molar-refractivity contribution in [2.24, 2.45) is 0 Å². The smallest absolute Gasteiger partial charge is 0.238 e. The fraction of sp³-hybridized carbons (Fsp3) is 0.500. The minimum absolute atomic E-state index is 0.0665. The van der Waals surface area contributed by atoms with Crippen LogP contribution in [0.25, 0.3) is 0 Å². The third-order valence-electron chi connectivity index (χ3n) is 3.23. The molecule has 0 spiro atoms. The van der Waals surface area contributed by atoms with Crippen molar-refractivity contribution in [2.45, 2.75) is 31.3 Å². The van der Waals surface area contributed by atoms with Gasteiger partial charge in [-0.1, -0.05) is 30.3 Å². The summed E-state index contributed by atoms with van der Waals surface area (Å²) in [6.45, 7) is 4.58. The van der Waals surface area contributed by atoms with E-state index in [0.717, 1.165) is 26.1 Å². The fourth-order valence-corrected chi connectivity index (χ4v) is 2.31. The maximum absolute atomic E-state index is 11.5. The summed E-state index contributed by atoms with van der Waals surface area (Å²) in [5.41, 5.74) is 1.31. The fourth-order valence-electron chi connectivity index (χ4n) is 2.25. The molecular formula is C14H19ClN2O. The van der Waals surface area contributed by atoms with E-state index in [4.69, 9.17) is 11.6 Å². The summed E-state index contributed by atoms with van der Waals surface area (Å²) in [4.78, 5) is 13.9. The van der Waals surface area contributed by atoms with Gasteiger partial charge in [0, 0.05) is 25.7 Å². The molecule has 0 aromatic heterocycles. The van der Waals surface area contributed by atoms with Crippen molar-refractivity contribution in [3.8, 4) is 0 Å². The monoisotopic (exact) mass is 266 g/mol. The SMILES string of the molecule is C[C@H](Cl)C(=O)N[C@@H]1CCN(Cc2ccccc2)C1. The van der Waals surface area contributed by atoms with Crippen LogP contribution in [-0.4, -0.2) is 35.3 Å². The third-order valence-corrected chi connectivity index (χ3v) is 3.43. The number of halogens is 1. The van der Waals surface area contributed by atoms with Gasteiger partial charge in [-0.3, -0.25) is 9.69 Å². The van der Waals surface area contributed by atoms with Crippen LogP contribution in [0.1, 0.15) is 18.9 Å². The highest BCUT2D eigenvalue weighted by Gasteiger charge is 2.24. The van der Waals surface area contributed by atoms with E-state index >= 15 is 0 Å². The molecule has 18 heavy (non-hydrogen) atoms. The van der Waals surface area contributed by atoms with E-state index in [-0.39, 0.29) is 11.9 Å². The van der Waals surface area contributed by atoms with Gasteiger partial charge in [-0.2, -0.15) is 0 Å². The normalized spacial score (nSPS) is 21.8. The molecule has 1 aromatic carbocycles. The zero-order chi connectivity index (χ0) is 13.0. The number of hydrogen-bond donors (Lipinski definition) is 1. The van der Waals surface area contributed by atoms with E-state index in [1.807, 2.05) is 6.07 Å². The highest BCUT2D eigenvalue weighted by Crippen LogP contribution is 2.13. The van der Waals surface area contributed by atoms with E-state index < -0.39 is 5.38 Å². The number of hydrogen-bond acceptors (Lipinski definition) is 2. The highest BCUT2D eigenvalue weighted by molar-refractivity contribution is 6.30. The van der Waals surface area contributed by atoms with E-state index in [1.165, 1.54) is 5.56 Å². The molecule has 1 aliphatic heterocycles. The summed E-state index contributed by atoms with van der Waals surface area (Å²) in [6.07, 6.45) is 1.00. The summed E-state index contributed by atoms with van der Waals surface area (Å²) in [5.74, 6) is -0.0665. The second-order valence-electron chi connectivity index (χ2n) is 4.83. The lowest BCUT2D eigenvalue weighted by Crippen LogP contribution is -2.40. The van der Waals surface area contributed by atoms with Crippen LogP contribution < -0.4 is 5.32 Å². The van der Waals surface area contributed by atoms with E-state index in [1.54, 1.807) is 6.92 Å². The van der Waals surface area contributed by atoms with Crippen LogP contribution in [0.3, 0.4) is 0 Å². The van der Waals surface area contributed by atoms with Gasteiger partial charge >= 0.3 is 0 Å². The Hall–Kier alpha value is -1.06. The molecule has 2 rings (SSSR count). The first-order chi connectivity index (χ1) is 8.65. The van der Waals surface area contributed by atoms with E-state index in [9.17, 15) is 4.79 Å². The summed E-state index contributed by atoms with van der Waals surface area (Å²) in [5, 5.41) is 2.53. The molecular weight excluding hydrogens is 248 g/mol. The molecule has 1 aromatic rings. The zero-order valence-electron chi connectivity index (χ0n) is 10.6. The third kappa shape index (κ3) is 3.72. The van der Waals surface area contributed by atoms with Gasteiger partial charge in [0.15, 0.2) is 0 Å². The summed E-state index contributed by atoms with van der Waals surface area (Å²) in [7, 11) is 0. The number of carbonyl (C=O) groups excluding carboxylic acids is 1. The lowest BCUT2D eigenvalue weighted by molar-refractivity contribution is -0.121. The molecule has 98 valence electrons. The molecule has 0 bridgehead atoms. The van der Waals surface area contributed by atoms with Crippen molar-refractivity contribution in [3.05, 3.63) is 35.9 Å². The van der Waals surface area contributed by atoms with Gasteiger partial charge < -0.3 is 5.32 Å². The number of alkyl halides is 1. The first-order valence-corrected chi connectivity index (χ1v) is 6.79. The van der Waals surface area contributed by atoms with Crippen LogP contribution in [0.5, 0.6) is 0 Å². The maximum atomic E-state index is 11.5. The molecule has 0 unspecified atom stereocenters. The van der Waals surface area contributed by atoms with Gasteiger partial charge in [-0.25, -0.2) is 0 Å². The summed E-state index contributed by atoms with van der Waals surface area (Å²) < 4.78 is 0. The standard InChI is InChI=1S/C14H19ClN2O/c1-11(15)14(18)16-13-7-8-17(10-13)9-12-5-3-2-4-6-12/h2-6,11,13H,7-10H2,1H3,(H,16,18)/t11-,13+/m0/s1. The Kier molecular flexibility index (Phi) is 4.61. The van der Waals surface area contributed by atoms with Crippen LogP contribution >= 0.6 is 11.6 Å². The van der Waals surface area contributed by atoms with Crippen molar-refractivity contribution < 1.29 is 4.79 Å². The second kappa shape index (κ2) is 6.21. The molecule has 1 aliphatic rings. The molecule has 0 saturated carbocycles. The van der Waals surface area contributed by atoms with Crippen molar-refractivity contribution >= 4 is 17.5 Å². The van der Waals surface area contributed by atoms with Crippen LogP contribution in [0.2, 0.25) is 0 Å². The van der Waals surface area contributed by atoms with Crippen molar-refractivity contribution in [1.82, 2.24) is 10.2 Å². The Morgan fingerprint density at radius 3 is 2.89 bits per heavy atom. The molecule has 4 heteroatoms. The molecule has 1 fully saturated rings. The van der Waals surface area contributed by atoms with Gasteiger partial charge in [0.25, 0.3) is 0 Å². The van der Waals surface area contributed by atoms with Gasteiger partial charge in [0.1, 0.15) is 5.38 Å². The molecule has 2 atom stereocenters. The van der Waals surface area contributed by atoms with Crippen LogP contribution in [0.15, 0.2) is 30.3 Å². The molecule has 0 aliphatic carbocycles. The lowest BCUT2D eigenvalue weighted by Gasteiger charge is -2.17. The molecule has 0 radical (unpaired) electrons. The Bertz CT molecular complexity index is 394. The van der Waals surface area contributed by atoms with E-state index in [0.29, 0.717) is 0 Å². The lowest BCUT2D eigenvalue weighted by atomic mass is 10.2. The predicted octanol–water partition coefficient (Wildman–Crippen LogP) is 2.00.